The van der Waals surface area contributed by atoms with Gasteiger partial charge in [0.25, 0.3) is 0 Å². The first-order valence-corrected chi connectivity index (χ1v) is 14.5. The maximum atomic E-state index is 12.2. The predicted molar refractivity (Wildman–Crippen MR) is 144 cm³/mol. The number of rotatable bonds is 7. The molecule has 218 valence electrons. The molecule has 0 bridgehead atoms. The van der Waals surface area contributed by atoms with Gasteiger partial charge in [-0.25, -0.2) is 0 Å². The lowest BCUT2D eigenvalue weighted by molar-refractivity contribution is -0.340. The van der Waals surface area contributed by atoms with Crippen molar-refractivity contribution in [1.29, 1.82) is 0 Å². The summed E-state index contributed by atoms with van der Waals surface area (Å²) in [4.78, 5) is 36.4. The van der Waals surface area contributed by atoms with E-state index >= 15 is 0 Å². The lowest BCUT2D eigenvalue weighted by atomic mass is 9.47. The summed E-state index contributed by atoms with van der Waals surface area (Å²) in [6.45, 7) is 12.5. The van der Waals surface area contributed by atoms with Gasteiger partial charge in [-0.3, -0.25) is 14.4 Å². The predicted octanol–water partition coefficient (Wildman–Crippen LogP) is 4.41. The maximum Gasteiger partial charge on any atom is 0.303 e. The lowest BCUT2D eigenvalue weighted by Gasteiger charge is -2.62. The number of ketones is 1. The van der Waals surface area contributed by atoms with E-state index in [1.807, 2.05) is 13.0 Å². The van der Waals surface area contributed by atoms with Crippen molar-refractivity contribution in [3.8, 4) is 0 Å². The van der Waals surface area contributed by atoms with E-state index in [4.69, 9.17) is 14.2 Å². The number of esters is 2. The van der Waals surface area contributed by atoms with Crippen molar-refractivity contribution in [2.24, 2.45) is 29.1 Å². The molecule has 3 aliphatic carbocycles. The molecule has 9 atom stereocenters. The van der Waals surface area contributed by atoms with E-state index in [-0.39, 0.29) is 24.0 Å². The second-order valence-corrected chi connectivity index (χ2v) is 13.2. The van der Waals surface area contributed by atoms with Crippen molar-refractivity contribution >= 4 is 17.7 Å². The topological polar surface area (TPSA) is 119 Å². The number of fused-ring (bicyclic) bond motifs is 4. The molecule has 1 heterocycles. The Morgan fingerprint density at radius 3 is 2.38 bits per heavy atom. The van der Waals surface area contributed by atoms with Crippen LogP contribution in [0.4, 0.5) is 0 Å². The molecule has 1 saturated heterocycles. The number of allylic oxidation sites excluding steroid dienone is 4. The fraction of sp³-hybridized carbons (Fsp3) is 0.774. The summed E-state index contributed by atoms with van der Waals surface area (Å²) in [6, 6.07) is 0. The third-order valence-corrected chi connectivity index (χ3v) is 10.3. The molecule has 2 saturated carbocycles. The van der Waals surface area contributed by atoms with E-state index in [1.54, 1.807) is 19.1 Å². The van der Waals surface area contributed by atoms with Gasteiger partial charge in [0.1, 0.15) is 23.4 Å². The van der Waals surface area contributed by atoms with Crippen LogP contribution in [0.1, 0.15) is 93.4 Å². The van der Waals surface area contributed by atoms with Crippen molar-refractivity contribution in [2.45, 2.75) is 123 Å². The summed E-state index contributed by atoms with van der Waals surface area (Å²) >= 11 is 0. The second kappa shape index (κ2) is 10.4. The Labute approximate surface area is 232 Å². The zero-order valence-corrected chi connectivity index (χ0v) is 24.5. The van der Waals surface area contributed by atoms with Crippen LogP contribution in [0.15, 0.2) is 23.8 Å². The van der Waals surface area contributed by atoms with Crippen LogP contribution in [0, 0.1) is 29.1 Å². The van der Waals surface area contributed by atoms with Crippen molar-refractivity contribution in [1.82, 2.24) is 0 Å². The molecular weight excluding hydrogens is 500 g/mol. The van der Waals surface area contributed by atoms with Gasteiger partial charge in [-0.15, -0.1) is 0 Å². The van der Waals surface area contributed by atoms with Crippen LogP contribution in [0.5, 0.6) is 0 Å². The van der Waals surface area contributed by atoms with E-state index in [9.17, 15) is 24.6 Å². The van der Waals surface area contributed by atoms with Gasteiger partial charge in [0.05, 0.1) is 0 Å². The highest BCUT2D eigenvalue weighted by molar-refractivity contribution is 6.01. The zero-order valence-electron chi connectivity index (χ0n) is 24.5. The van der Waals surface area contributed by atoms with Crippen LogP contribution in [0.25, 0.3) is 0 Å². The minimum absolute atomic E-state index is 0.0341. The minimum Gasteiger partial charge on any atom is -0.462 e. The molecule has 3 fully saturated rings. The number of carbonyl (C=O) groups is 3. The van der Waals surface area contributed by atoms with Crippen LogP contribution < -0.4 is 0 Å². The fourth-order valence-corrected chi connectivity index (χ4v) is 7.94. The number of hydrogen-bond donors (Lipinski definition) is 2. The monoisotopic (exact) mass is 546 g/mol. The Hall–Kier alpha value is -2.03. The summed E-state index contributed by atoms with van der Waals surface area (Å²) in [7, 11) is 0. The van der Waals surface area contributed by atoms with Crippen molar-refractivity contribution in [3.63, 3.8) is 0 Å². The summed E-state index contributed by atoms with van der Waals surface area (Å²) in [5.41, 5.74) is -2.21. The number of hydrogen-bond acceptors (Lipinski definition) is 8. The van der Waals surface area contributed by atoms with Gasteiger partial charge in [-0.05, 0) is 75.4 Å². The molecule has 39 heavy (non-hydrogen) atoms. The molecule has 8 heteroatoms. The van der Waals surface area contributed by atoms with Crippen LogP contribution in [0.2, 0.25) is 0 Å². The highest BCUT2D eigenvalue weighted by Gasteiger charge is 2.71. The molecule has 0 radical (unpaired) electrons. The van der Waals surface area contributed by atoms with Gasteiger partial charge in [0.15, 0.2) is 11.6 Å². The summed E-state index contributed by atoms with van der Waals surface area (Å²) in [5.74, 6) is -3.00. The highest BCUT2D eigenvalue weighted by Crippen LogP contribution is 2.65. The first-order chi connectivity index (χ1) is 18.1. The van der Waals surface area contributed by atoms with Gasteiger partial charge < -0.3 is 24.4 Å². The maximum absolute atomic E-state index is 12.2. The second-order valence-electron chi connectivity index (χ2n) is 13.2. The van der Waals surface area contributed by atoms with Gasteiger partial charge in [0.2, 0.25) is 0 Å². The van der Waals surface area contributed by atoms with Crippen LogP contribution in [0.3, 0.4) is 0 Å². The summed E-state index contributed by atoms with van der Waals surface area (Å²) in [5, 5.41) is 24.2. The van der Waals surface area contributed by atoms with Crippen molar-refractivity contribution in [3.05, 3.63) is 23.8 Å². The smallest absolute Gasteiger partial charge is 0.303 e. The molecule has 1 spiro atoms. The number of carbonyl (C=O) groups excluding carboxylic acids is 3. The summed E-state index contributed by atoms with van der Waals surface area (Å²) < 4.78 is 18.2. The van der Waals surface area contributed by atoms with Gasteiger partial charge >= 0.3 is 11.9 Å². The van der Waals surface area contributed by atoms with E-state index in [0.29, 0.717) is 38.0 Å². The van der Waals surface area contributed by atoms with E-state index < -0.39 is 52.5 Å². The molecule has 0 aromatic rings. The lowest BCUT2D eigenvalue weighted by Crippen LogP contribution is -2.71. The molecule has 0 aromatic heterocycles. The van der Waals surface area contributed by atoms with Gasteiger partial charge in [-0.1, -0.05) is 39.3 Å². The first kappa shape index (κ1) is 29.9. The SMILES string of the molecule is CC(=O)OC(CCC(C)C)C(C)C1(O)CCC2(O1)C1CCC3=CC(=O)C=CC3(C)C1CC(OC(C)=O)C2(C)O. The quantitative estimate of drug-likeness (QED) is 0.451. The highest BCUT2D eigenvalue weighted by atomic mass is 16.7. The largest absolute Gasteiger partial charge is 0.462 e. The molecule has 1 aliphatic heterocycles. The van der Waals surface area contributed by atoms with Crippen LogP contribution in [-0.4, -0.2) is 57.1 Å². The van der Waals surface area contributed by atoms with Gasteiger partial charge in [0, 0.05) is 31.6 Å². The zero-order chi connectivity index (χ0) is 29.0. The van der Waals surface area contributed by atoms with E-state index in [0.717, 1.165) is 12.0 Å². The minimum atomic E-state index is -1.65. The summed E-state index contributed by atoms with van der Waals surface area (Å²) in [6.07, 6.45) is 7.60. The van der Waals surface area contributed by atoms with Gasteiger partial charge in [-0.2, -0.15) is 0 Å². The normalized spacial score (nSPS) is 41.0. The Balaban J connectivity index is 1.74. The first-order valence-electron chi connectivity index (χ1n) is 14.5. The molecule has 0 aromatic carbocycles. The Kier molecular flexibility index (Phi) is 8.00. The van der Waals surface area contributed by atoms with Crippen LogP contribution >= 0.6 is 0 Å². The Morgan fingerprint density at radius 1 is 1.08 bits per heavy atom. The van der Waals surface area contributed by atoms with Crippen molar-refractivity contribution in [2.75, 3.05) is 0 Å². The van der Waals surface area contributed by atoms with E-state index in [1.165, 1.54) is 13.8 Å². The molecule has 8 nitrogen and oxygen atoms in total. The molecule has 9 unspecified atom stereocenters. The molecule has 2 N–H and O–H groups in total. The Morgan fingerprint density at radius 2 is 1.77 bits per heavy atom. The fourth-order valence-electron chi connectivity index (χ4n) is 7.94. The third-order valence-electron chi connectivity index (χ3n) is 10.3. The Bertz CT molecular complexity index is 1060. The number of aliphatic hydroxyl groups is 2. The number of ether oxygens (including phenoxy) is 3. The van der Waals surface area contributed by atoms with Crippen LogP contribution in [-0.2, 0) is 28.6 Å². The average molecular weight is 547 g/mol. The molecule has 0 amide bonds. The molecular formula is C31H46O8. The average Bonchev–Trinajstić information content (AvgIpc) is 3.20. The third kappa shape index (κ3) is 5.13. The van der Waals surface area contributed by atoms with Crippen molar-refractivity contribution < 1.29 is 38.8 Å². The van der Waals surface area contributed by atoms with E-state index in [2.05, 4.69) is 20.8 Å². The molecule has 4 rings (SSSR count). The standard InChI is InChI=1S/C31H46O8/c1-18(2)8-11-26(37-20(4)32)19(3)31(36)15-14-30(39-31)24-10-9-22-16-23(34)12-13-28(22,6)25(24)17-27(29(30,7)35)38-21(5)33/h12-13,16,18-19,24-27,35-36H,8-11,14-15,17H2,1-7H3. The molecule has 4 aliphatic rings.